The normalized spacial score (nSPS) is 21.8. The van der Waals surface area contributed by atoms with Crippen molar-refractivity contribution < 1.29 is 23.9 Å². The fourth-order valence-electron chi connectivity index (χ4n) is 3.06. The Hall–Kier alpha value is -3.15. The number of benzene rings is 1. The first-order chi connectivity index (χ1) is 12.1. The van der Waals surface area contributed by atoms with Crippen molar-refractivity contribution in [1.82, 2.24) is 4.90 Å². The van der Waals surface area contributed by atoms with Crippen LogP contribution in [0.3, 0.4) is 0 Å². The van der Waals surface area contributed by atoms with Crippen molar-refractivity contribution in [3.8, 4) is 0 Å². The van der Waals surface area contributed by atoms with Crippen molar-refractivity contribution in [3.05, 3.63) is 65.4 Å². The number of hydrogen-bond acceptors (Lipinski definition) is 5. The Kier molecular flexibility index (Phi) is 4.52. The zero-order valence-electron chi connectivity index (χ0n) is 13.8. The number of hydrogen-bond donors (Lipinski definition) is 0. The van der Waals surface area contributed by atoms with E-state index in [-0.39, 0.29) is 17.1 Å². The van der Waals surface area contributed by atoms with Crippen LogP contribution in [-0.4, -0.2) is 43.0 Å². The number of ether oxygens (including phenoxy) is 2. The number of nitrogens with zero attached hydrogens (tertiary/aromatic N) is 1. The van der Waals surface area contributed by atoms with Gasteiger partial charge in [0.25, 0.3) is 0 Å². The van der Waals surface area contributed by atoms with E-state index < -0.39 is 23.9 Å². The molecule has 2 unspecified atom stereocenters. The molecular formula is C19H17NO5. The van der Waals surface area contributed by atoms with Gasteiger partial charge in [0.15, 0.2) is 0 Å². The molecular weight excluding hydrogens is 322 g/mol. The lowest BCUT2D eigenvalue weighted by Gasteiger charge is -2.40. The van der Waals surface area contributed by atoms with Crippen LogP contribution in [0.1, 0.15) is 5.56 Å². The standard InChI is InChI=1S/C19H17NO5/c1-24-18(22)15-13-8-9-14(16(15)19(23)25-2)20(17(13)21)11-10-12-6-4-3-5-7-12/h3-11,13-14H,1-2H3. The van der Waals surface area contributed by atoms with E-state index in [1.54, 1.807) is 24.4 Å². The first-order valence-corrected chi connectivity index (χ1v) is 7.73. The van der Waals surface area contributed by atoms with Crippen LogP contribution in [0.5, 0.6) is 0 Å². The molecule has 0 aromatic heterocycles. The maximum atomic E-state index is 12.7. The molecule has 1 amide bonds. The van der Waals surface area contributed by atoms with E-state index in [2.05, 4.69) is 0 Å². The summed E-state index contributed by atoms with van der Waals surface area (Å²) in [5.74, 6) is -2.48. The molecule has 2 atom stereocenters. The minimum absolute atomic E-state index is 0.0520. The van der Waals surface area contributed by atoms with Gasteiger partial charge in [0.2, 0.25) is 5.91 Å². The van der Waals surface area contributed by atoms with Crippen LogP contribution in [0.2, 0.25) is 0 Å². The summed E-state index contributed by atoms with van der Waals surface area (Å²) in [5, 5.41) is 0. The number of esters is 2. The zero-order valence-corrected chi connectivity index (χ0v) is 13.8. The van der Waals surface area contributed by atoms with Gasteiger partial charge in [-0.3, -0.25) is 4.79 Å². The molecule has 3 aliphatic rings. The second kappa shape index (κ2) is 6.76. The summed E-state index contributed by atoms with van der Waals surface area (Å²) in [4.78, 5) is 38.5. The number of fused-ring (bicyclic) bond motifs is 1. The van der Waals surface area contributed by atoms with Crippen molar-refractivity contribution in [2.45, 2.75) is 6.04 Å². The van der Waals surface area contributed by atoms with Crippen molar-refractivity contribution in [3.63, 3.8) is 0 Å². The van der Waals surface area contributed by atoms with E-state index in [1.165, 1.54) is 19.1 Å². The molecule has 4 rings (SSSR count). The van der Waals surface area contributed by atoms with Gasteiger partial charge in [-0.05, 0) is 11.6 Å². The molecule has 1 aromatic carbocycles. The Morgan fingerprint density at radius 1 is 1.00 bits per heavy atom. The summed E-state index contributed by atoms with van der Waals surface area (Å²) in [6.07, 6.45) is 6.74. The van der Waals surface area contributed by atoms with Gasteiger partial charge in [0.05, 0.1) is 37.3 Å². The molecule has 2 heterocycles. The molecule has 128 valence electrons. The van der Waals surface area contributed by atoms with Crippen LogP contribution in [0, 0.1) is 5.92 Å². The van der Waals surface area contributed by atoms with Gasteiger partial charge in [0, 0.05) is 6.20 Å². The predicted molar refractivity (Wildman–Crippen MR) is 89.8 cm³/mol. The van der Waals surface area contributed by atoms with Gasteiger partial charge in [-0.15, -0.1) is 0 Å². The predicted octanol–water partition coefficient (Wildman–Crippen LogP) is 1.70. The van der Waals surface area contributed by atoms with Crippen LogP contribution in [-0.2, 0) is 23.9 Å². The highest BCUT2D eigenvalue weighted by Gasteiger charge is 2.47. The Balaban J connectivity index is 2.02. The van der Waals surface area contributed by atoms with Crippen molar-refractivity contribution in [2.24, 2.45) is 5.92 Å². The second-order valence-corrected chi connectivity index (χ2v) is 5.59. The summed E-state index contributed by atoms with van der Waals surface area (Å²) in [5.41, 5.74) is 1.10. The Morgan fingerprint density at radius 3 is 2.28 bits per heavy atom. The maximum absolute atomic E-state index is 12.7. The summed E-state index contributed by atoms with van der Waals surface area (Å²) in [7, 11) is 2.45. The highest BCUT2D eigenvalue weighted by atomic mass is 16.5. The van der Waals surface area contributed by atoms with Gasteiger partial charge in [-0.1, -0.05) is 42.5 Å². The topological polar surface area (TPSA) is 72.9 Å². The first kappa shape index (κ1) is 16.7. The minimum Gasteiger partial charge on any atom is -0.466 e. The zero-order chi connectivity index (χ0) is 18.0. The third kappa shape index (κ3) is 2.87. The third-order valence-electron chi connectivity index (χ3n) is 4.24. The van der Waals surface area contributed by atoms with Gasteiger partial charge in [0.1, 0.15) is 0 Å². The highest BCUT2D eigenvalue weighted by Crippen LogP contribution is 2.37. The molecule has 0 N–H and O–H groups in total. The molecule has 6 heteroatoms. The summed E-state index contributed by atoms with van der Waals surface area (Å²) in [6, 6.07) is 8.78. The molecule has 1 aromatic rings. The minimum atomic E-state index is -0.855. The molecule has 1 aliphatic carbocycles. The molecule has 0 radical (unpaired) electrons. The van der Waals surface area contributed by atoms with E-state index in [1.807, 2.05) is 30.3 Å². The third-order valence-corrected chi connectivity index (χ3v) is 4.24. The van der Waals surface area contributed by atoms with Gasteiger partial charge >= 0.3 is 11.9 Å². The number of carbonyl (C=O) groups excluding carboxylic acids is 3. The van der Waals surface area contributed by atoms with Crippen LogP contribution >= 0.6 is 0 Å². The van der Waals surface area contributed by atoms with Gasteiger partial charge < -0.3 is 14.4 Å². The van der Waals surface area contributed by atoms with Crippen LogP contribution < -0.4 is 0 Å². The number of methoxy groups -OCH3 is 2. The Bertz CT molecular complexity index is 806. The summed E-state index contributed by atoms with van der Waals surface area (Å²) >= 11 is 0. The van der Waals surface area contributed by atoms with E-state index in [4.69, 9.17) is 9.47 Å². The second-order valence-electron chi connectivity index (χ2n) is 5.59. The van der Waals surface area contributed by atoms with Crippen molar-refractivity contribution >= 4 is 23.9 Å². The van der Waals surface area contributed by atoms with E-state index >= 15 is 0 Å². The lowest BCUT2D eigenvalue weighted by Crippen LogP contribution is -2.51. The molecule has 0 saturated heterocycles. The molecule has 2 aliphatic heterocycles. The number of carbonyl (C=O) groups is 3. The highest BCUT2D eigenvalue weighted by molar-refractivity contribution is 6.09. The maximum Gasteiger partial charge on any atom is 0.336 e. The smallest absolute Gasteiger partial charge is 0.336 e. The molecule has 0 saturated carbocycles. The van der Waals surface area contributed by atoms with Crippen LogP contribution in [0.15, 0.2) is 59.8 Å². The SMILES string of the molecule is COC(=O)C1=C(C(=O)OC)C2C=CC1C(=O)N2C=Cc1ccccc1. The largest absolute Gasteiger partial charge is 0.466 e. The quantitative estimate of drug-likeness (QED) is 0.617. The summed E-state index contributed by atoms with van der Waals surface area (Å²) < 4.78 is 9.57. The van der Waals surface area contributed by atoms with Crippen molar-refractivity contribution in [1.29, 1.82) is 0 Å². The lowest BCUT2D eigenvalue weighted by molar-refractivity contribution is -0.144. The number of amides is 1. The van der Waals surface area contributed by atoms with E-state index in [9.17, 15) is 14.4 Å². The molecule has 0 fully saturated rings. The van der Waals surface area contributed by atoms with E-state index in [0.29, 0.717) is 0 Å². The summed E-state index contributed by atoms with van der Waals surface area (Å²) in [6.45, 7) is 0. The van der Waals surface area contributed by atoms with Gasteiger partial charge in [-0.2, -0.15) is 0 Å². The fourth-order valence-corrected chi connectivity index (χ4v) is 3.06. The average molecular weight is 339 g/mol. The molecule has 25 heavy (non-hydrogen) atoms. The van der Waals surface area contributed by atoms with E-state index in [0.717, 1.165) is 5.56 Å². The average Bonchev–Trinajstić information content (AvgIpc) is 2.66. The first-order valence-electron chi connectivity index (χ1n) is 7.73. The molecule has 6 nitrogen and oxygen atoms in total. The Morgan fingerprint density at radius 2 is 1.64 bits per heavy atom. The monoisotopic (exact) mass is 339 g/mol. The molecule has 0 spiro atoms. The Labute approximate surface area is 145 Å². The van der Waals surface area contributed by atoms with Crippen molar-refractivity contribution in [2.75, 3.05) is 14.2 Å². The fraction of sp³-hybridized carbons (Fsp3) is 0.211. The number of rotatable bonds is 4. The van der Waals surface area contributed by atoms with Crippen LogP contribution in [0.4, 0.5) is 0 Å². The van der Waals surface area contributed by atoms with Crippen LogP contribution in [0.25, 0.3) is 6.08 Å². The molecule has 2 bridgehead atoms. The van der Waals surface area contributed by atoms with Gasteiger partial charge in [-0.25, -0.2) is 9.59 Å². The lowest BCUT2D eigenvalue weighted by atomic mass is 9.79.